The van der Waals surface area contributed by atoms with Crippen molar-refractivity contribution >= 4 is 17.7 Å². The molecule has 0 atom stereocenters. The van der Waals surface area contributed by atoms with E-state index in [-0.39, 0.29) is 17.4 Å². The number of ketones is 1. The molecule has 7 heteroatoms. The first-order chi connectivity index (χ1) is 11.1. The largest absolute Gasteiger partial charge is 0.479 e. The molecule has 7 nitrogen and oxygen atoms in total. The molecule has 0 saturated carbocycles. The van der Waals surface area contributed by atoms with Gasteiger partial charge in [-0.3, -0.25) is 4.79 Å². The first-order valence-electron chi connectivity index (χ1n) is 7.03. The zero-order chi connectivity index (χ0) is 16.7. The van der Waals surface area contributed by atoms with E-state index < -0.39 is 0 Å². The van der Waals surface area contributed by atoms with E-state index in [0.29, 0.717) is 6.61 Å². The number of carbonyl (C=O) groups excluding carboxylic acids is 1. The van der Waals surface area contributed by atoms with Crippen molar-refractivity contribution in [3.63, 3.8) is 0 Å². The Balaban J connectivity index is 1.98. The van der Waals surface area contributed by atoms with Crippen molar-refractivity contribution in [2.45, 2.75) is 0 Å². The molecule has 0 unspecified atom stereocenters. The molecular weight excluding hydrogens is 298 g/mol. The molecule has 0 aliphatic carbocycles. The van der Waals surface area contributed by atoms with Gasteiger partial charge in [0.1, 0.15) is 5.82 Å². The molecule has 2 heterocycles. The fourth-order valence-corrected chi connectivity index (χ4v) is 1.79. The van der Waals surface area contributed by atoms with Crippen LogP contribution in [0.25, 0.3) is 6.08 Å². The van der Waals surface area contributed by atoms with Gasteiger partial charge in [-0.1, -0.05) is 0 Å². The standard InChI is InChI=1S/C16H19N3O4/c1-19(8-9-21-2)15-7-5-12(11-17-15)4-6-13(20)14-10-16(22-3)18-23-14/h4-7,10-11H,8-9H2,1-3H3. The average Bonchev–Trinajstić information content (AvgIpc) is 3.07. The Kier molecular flexibility index (Phi) is 5.87. The van der Waals surface area contributed by atoms with Gasteiger partial charge < -0.3 is 18.9 Å². The summed E-state index contributed by atoms with van der Waals surface area (Å²) < 4.78 is 14.8. The molecule has 2 aromatic heterocycles. The lowest BCUT2D eigenvalue weighted by atomic mass is 10.2. The van der Waals surface area contributed by atoms with E-state index in [1.165, 1.54) is 19.3 Å². The minimum Gasteiger partial charge on any atom is -0.479 e. The molecule has 23 heavy (non-hydrogen) atoms. The monoisotopic (exact) mass is 317 g/mol. The van der Waals surface area contributed by atoms with Gasteiger partial charge in [-0.25, -0.2) is 4.98 Å². The van der Waals surface area contributed by atoms with Crippen molar-refractivity contribution in [2.24, 2.45) is 0 Å². The molecule has 0 radical (unpaired) electrons. The molecule has 2 aromatic rings. The summed E-state index contributed by atoms with van der Waals surface area (Å²) in [6, 6.07) is 5.21. The number of likely N-dealkylation sites (N-methyl/N-ethyl adjacent to an activating group) is 1. The van der Waals surface area contributed by atoms with Crippen LogP contribution in [0.5, 0.6) is 5.88 Å². The van der Waals surface area contributed by atoms with E-state index in [1.807, 2.05) is 24.1 Å². The second-order valence-corrected chi connectivity index (χ2v) is 4.80. The molecule has 0 bridgehead atoms. The Morgan fingerprint density at radius 2 is 2.22 bits per heavy atom. The van der Waals surface area contributed by atoms with Gasteiger partial charge >= 0.3 is 0 Å². The molecule has 2 rings (SSSR count). The van der Waals surface area contributed by atoms with Gasteiger partial charge in [0, 0.05) is 26.9 Å². The van der Waals surface area contributed by atoms with Crippen LogP contribution in [0.1, 0.15) is 16.1 Å². The topological polar surface area (TPSA) is 77.7 Å². The second-order valence-electron chi connectivity index (χ2n) is 4.80. The normalized spacial score (nSPS) is 10.9. The molecule has 0 aliphatic heterocycles. The van der Waals surface area contributed by atoms with E-state index in [9.17, 15) is 4.79 Å². The number of anilines is 1. The van der Waals surface area contributed by atoms with Crippen LogP contribution in [0.15, 0.2) is 35.0 Å². The van der Waals surface area contributed by atoms with Gasteiger partial charge in [0.25, 0.3) is 5.88 Å². The van der Waals surface area contributed by atoms with Gasteiger partial charge in [0.2, 0.25) is 11.5 Å². The Bertz CT molecular complexity index is 664. The zero-order valence-corrected chi connectivity index (χ0v) is 13.4. The summed E-state index contributed by atoms with van der Waals surface area (Å²) in [7, 11) is 5.06. The maximum atomic E-state index is 11.9. The summed E-state index contributed by atoms with van der Waals surface area (Å²) in [5.41, 5.74) is 0.814. The number of aromatic nitrogens is 2. The number of hydrogen-bond acceptors (Lipinski definition) is 7. The van der Waals surface area contributed by atoms with Gasteiger partial charge in [-0.05, 0) is 35.0 Å². The summed E-state index contributed by atoms with van der Waals surface area (Å²) in [4.78, 5) is 18.3. The molecule has 0 spiro atoms. The summed E-state index contributed by atoms with van der Waals surface area (Å²) in [6.45, 7) is 1.39. The maximum absolute atomic E-state index is 11.9. The minimum absolute atomic E-state index is 0.127. The highest BCUT2D eigenvalue weighted by molar-refractivity contribution is 6.04. The van der Waals surface area contributed by atoms with Crippen molar-refractivity contribution in [3.8, 4) is 5.88 Å². The first kappa shape index (κ1) is 16.7. The van der Waals surface area contributed by atoms with E-state index in [2.05, 4.69) is 10.1 Å². The number of hydrogen-bond donors (Lipinski definition) is 0. The van der Waals surface area contributed by atoms with Crippen LogP contribution < -0.4 is 9.64 Å². The number of pyridine rings is 1. The van der Waals surface area contributed by atoms with Crippen LogP contribution in [-0.4, -0.2) is 50.3 Å². The number of allylic oxidation sites excluding steroid dienone is 1. The fraction of sp³-hybridized carbons (Fsp3) is 0.312. The molecule has 0 aromatic carbocycles. The van der Waals surface area contributed by atoms with Crippen molar-refractivity contribution in [2.75, 3.05) is 39.3 Å². The Morgan fingerprint density at radius 3 is 2.83 bits per heavy atom. The summed E-state index contributed by atoms with van der Waals surface area (Å²) in [6.07, 6.45) is 4.78. The fourth-order valence-electron chi connectivity index (χ4n) is 1.79. The molecule has 0 saturated heterocycles. The number of carbonyl (C=O) groups is 1. The highest BCUT2D eigenvalue weighted by Gasteiger charge is 2.10. The number of ether oxygens (including phenoxy) is 2. The Hall–Kier alpha value is -2.67. The highest BCUT2D eigenvalue weighted by Crippen LogP contribution is 2.13. The van der Waals surface area contributed by atoms with Gasteiger partial charge in [0.05, 0.1) is 19.8 Å². The predicted molar refractivity (Wildman–Crippen MR) is 85.8 cm³/mol. The molecule has 0 fully saturated rings. The van der Waals surface area contributed by atoms with E-state index >= 15 is 0 Å². The number of methoxy groups -OCH3 is 2. The lowest BCUT2D eigenvalue weighted by Gasteiger charge is -2.17. The summed E-state index contributed by atoms with van der Waals surface area (Å²) >= 11 is 0. The zero-order valence-electron chi connectivity index (χ0n) is 13.4. The quantitative estimate of drug-likeness (QED) is 0.544. The summed E-state index contributed by atoms with van der Waals surface area (Å²) in [5.74, 6) is 0.946. The first-order valence-corrected chi connectivity index (χ1v) is 7.03. The maximum Gasteiger partial charge on any atom is 0.254 e. The number of rotatable bonds is 8. The minimum atomic E-state index is -0.290. The highest BCUT2D eigenvalue weighted by atomic mass is 16.5. The van der Waals surface area contributed by atoms with Crippen LogP contribution >= 0.6 is 0 Å². The smallest absolute Gasteiger partial charge is 0.254 e. The van der Waals surface area contributed by atoms with Crippen LogP contribution in [0.3, 0.4) is 0 Å². The molecule has 0 amide bonds. The Labute approximate surface area is 134 Å². The van der Waals surface area contributed by atoms with Crippen molar-refractivity contribution in [1.29, 1.82) is 0 Å². The molecule has 122 valence electrons. The lowest BCUT2D eigenvalue weighted by molar-refractivity contribution is 0.101. The average molecular weight is 317 g/mol. The van der Waals surface area contributed by atoms with Crippen molar-refractivity contribution in [3.05, 3.63) is 41.8 Å². The SMILES string of the molecule is COCCN(C)c1ccc(C=CC(=O)c2cc(OC)no2)cn1. The van der Waals surface area contributed by atoms with E-state index in [1.54, 1.807) is 19.4 Å². The summed E-state index contributed by atoms with van der Waals surface area (Å²) in [5, 5.41) is 3.59. The van der Waals surface area contributed by atoms with Gasteiger partial charge in [-0.15, -0.1) is 0 Å². The van der Waals surface area contributed by atoms with Gasteiger partial charge in [0.15, 0.2) is 0 Å². The van der Waals surface area contributed by atoms with Crippen LogP contribution in [-0.2, 0) is 4.74 Å². The van der Waals surface area contributed by atoms with Crippen LogP contribution in [0.4, 0.5) is 5.82 Å². The third-order valence-corrected chi connectivity index (χ3v) is 3.16. The van der Waals surface area contributed by atoms with Crippen molar-refractivity contribution < 1.29 is 18.8 Å². The lowest BCUT2D eigenvalue weighted by Crippen LogP contribution is -2.22. The molecule has 0 aliphatic rings. The predicted octanol–water partition coefficient (Wildman–Crippen LogP) is 2.06. The molecule has 0 N–H and O–H groups in total. The second kappa shape index (κ2) is 8.09. The number of nitrogens with zero attached hydrogens (tertiary/aromatic N) is 3. The Morgan fingerprint density at radius 1 is 1.39 bits per heavy atom. The van der Waals surface area contributed by atoms with Crippen molar-refractivity contribution in [1.82, 2.24) is 10.1 Å². The van der Waals surface area contributed by atoms with E-state index in [4.69, 9.17) is 14.0 Å². The van der Waals surface area contributed by atoms with E-state index in [0.717, 1.165) is 17.9 Å². The van der Waals surface area contributed by atoms with Crippen LogP contribution in [0.2, 0.25) is 0 Å². The molecular formula is C16H19N3O4. The third kappa shape index (κ3) is 4.65. The van der Waals surface area contributed by atoms with Crippen LogP contribution in [0, 0.1) is 0 Å². The third-order valence-electron chi connectivity index (χ3n) is 3.16. The van der Waals surface area contributed by atoms with Gasteiger partial charge in [-0.2, -0.15) is 0 Å².